The van der Waals surface area contributed by atoms with Gasteiger partial charge in [-0.05, 0) is 24.7 Å². The van der Waals surface area contributed by atoms with Crippen LogP contribution in [-0.4, -0.2) is 27.5 Å². The van der Waals surface area contributed by atoms with Crippen molar-refractivity contribution < 1.29 is 9.63 Å². The summed E-state index contributed by atoms with van der Waals surface area (Å²) >= 11 is 0. The fraction of sp³-hybridized carbons (Fsp3) is 0.733. The molecule has 5 nitrogen and oxygen atoms in total. The van der Waals surface area contributed by atoms with Crippen molar-refractivity contribution in [1.82, 2.24) is 15.0 Å². The van der Waals surface area contributed by atoms with Gasteiger partial charge in [0.05, 0.1) is 12.0 Å². The first-order valence-electron chi connectivity index (χ1n) is 7.39. The Balaban J connectivity index is 2.43. The monoisotopic (exact) mass is 279 g/mol. The molecule has 1 aliphatic rings. The highest BCUT2D eigenvalue weighted by Gasteiger charge is 2.52. The number of rotatable bonds is 3. The van der Waals surface area contributed by atoms with Gasteiger partial charge in [0.2, 0.25) is 0 Å². The van der Waals surface area contributed by atoms with E-state index < -0.39 is 0 Å². The number of piperidine rings is 1. The van der Waals surface area contributed by atoms with Gasteiger partial charge in [-0.3, -0.25) is 4.79 Å². The number of nitrogens with zero attached hydrogens (tertiary/aromatic N) is 2. The Bertz CT molecular complexity index is 450. The largest absolute Gasteiger partial charge is 0.367 e. The van der Waals surface area contributed by atoms with E-state index in [1.807, 2.05) is 18.2 Å². The summed E-state index contributed by atoms with van der Waals surface area (Å²) in [4.78, 5) is 24.8. The zero-order valence-electron chi connectivity index (χ0n) is 12.9. The second kappa shape index (κ2) is 5.56. The molecule has 0 bridgehead atoms. The van der Waals surface area contributed by atoms with Gasteiger partial charge in [-0.15, -0.1) is 5.06 Å². The molecule has 1 N–H and O–H groups in total. The first kappa shape index (κ1) is 15.0. The lowest BCUT2D eigenvalue weighted by molar-refractivity contribution is -0.257. The molecule has 0 saturated carbocycles. The Kier molecular flexibility index (Phi) is 4.18. The number of aromatic amines is 1. The smallest absolute Gasteiger partial charge is 0.324 e. The predicted octanol–water partition coefficient (Wildman–Crippen LogP) is 3.01. The molecule has 1 aliphatic heterocycles. The fourth-order valence-electron chi connectivity index (χ4n) is 3.17. The van der Waals surface area contributed by atoms with Crippen molar-refractivity contribution >= 4 is 5.97 Å². The maximum Gasteiger partial charge on any atom is 0.324 e. The summed E-state index contributed by atoms with van der Waals surface area (Å²) in [7, 11) is 0. The van der Waals surface area contributed by atoms with Gasteiger partial charge in [0.1, 0.15) is 5.54 Å². The van der Waals surface area contributed by atoms with Crippen molar-refractivity contribution in [3.63, 3.8) is 0 Å². The Morgan fingerprint density at radius 2 is 2.25 bits per heavy atom. The second-order valence-electron chi connectivity index (χ2n) is 6.45. The maximum absolute atomic E-state index is 11.8. The van der Waals surface area contributed by atoms with Crippen LogP contribution in [0.5, 0.6) is 0 Å². The third-order valence-corrected chi connectivity index (χ3v) is 4.26. The molecule has 1 aromatic rings. The molecule has 0 radical (unpaired) electrons. The maximum atomic E-state index is 11.8. The van der Waals surface area contributed by atoms with Crippen LogP contribution < -0.4 is 0 Å². The average Bonchev–Trinajstić information content (AvgIpc) is 2.92. The van der Waals surface area contributed by atoms with Gasteiger partial charge < -0.3 is 9.82 Å². The minimum Gasteiger partial charge on any atom is -0.367 e. The lowest BCUT2D eigenvalue weighted by Gasteiger charge is -2.52. The van der Waals surface area contributed by atoms with Crippen LogP contribution in [0.2, 0.25) is 0 Å². The summed E-state index contributed by atoms with van der Waals surface area (Å²) in [6.45, 7) is 9.15. The van der Waals surface area contributed by atoms with Crippen LogP contribution >= 0.6 is 0 Å². The quantitative estimate of drug-likeness (QED) is 0.924. The molecule has 5 heteroatoms. The standard InChI is InChI=1S/C15H25N3O2/c1-5-13(19)20-18-9-7-6-8-15(18,14(2,3)4)12-10-16-11-17-12/h10-11H,5-9H2,1-4H3,(H,16,17). The molecule has 0 spiro atoms. The molecule has 1 aromatic heterocycles. The molecule has 20 heavy (non-hydrogen) atoms. The predicted molar refractivity (Wildman–Crippen MR) is 76.7 cm³/mol. The molecule has 1 saturated heterocycles. The molecule has 0 amide bonds. The van der Waals surface area contributed by atoms with E-state index in [0.717, 1.165) is 31.5 Å². The first-order chi connectivity index (χ1) is 9.41. The Hall–Kier alpha value is -1.36. The summed E-state index contributed by atoms with van der Waals surface area (Å²) in [6, 6.07) is 0. The fourth-order valence-corrected chi connectivity index (χ4v) is 3.17. The number of carbonyl (C=O) groups excluding carboxylic acids is 1. The van der Waals surface area contributed by atoms with E-state index in [0.29, 0.717) is 6.42 Å². The lowest BCUT2D eigenvalue weighted by atomic mass is 9.67. The van der Waals surface area contributed by atoms with Crippen LogP contribution in [0, 0.1) is 5.41 Å². The van der Waals surface area contributed by atoms with E-state index in [1.54, 1.807) is 6.33 Å². The van der Waals surface area contributed by atoms with Gasteiger partial charge in [-0.25, -0.2) is 4.98 Å². The van der Waals surface area contributed by atoms with Crippen molar-refractivity contribution in [2.24, 2.45) is 5.41 Å². The van der Waals surface area contributed by atoms with E-state index in [2.05, 4.69) is 30.7 Å². The summed E-state index contributed by atoms with van der Waals surface area (Å²) < 4.78 is 0. The number of aromatic nitrogens is 2. The molecule has 0 aliphatic carbocycles. The van der Waals surface area contributed by atoms with Crippen molar-refractivity contribution in [3.8, 4) is 0 Å². The van der Waals surface area contributed by atoms with Gasteiger partial charge >= 0.3 is 5.97 Å². The number of hydrogen-bond acceptors (Lipinski definition) is 4. The molecule has 1 unspecified atom stereocenters. The van der Waals surface area contributed by atoms with Crippen LogP contribution in [-0.2, 0) is 15.2 Å². The van der Waals surface area contributed by atoms with Crippen LogP contribution in [0.15, 0.2) is 12.5 Å². The highest BCUT2D eigenvalue weighted by Crippen LogP contribution is 2.49. The van der Waals surface area contributed by atoms with E-state index in [9.17, 15) is 4.79 Å². The molecular weight excluding hydrogens is 254 g/mol. The molecule has 2 rings (SSSR count). The van der Waals surface area contributed by atoms with Gasteiger partial charge in [0.15, 0.2) is 0 Å². The number of hydroxylamine groups is 2. The molecule has 1 fully saturated rings. The minimum absolute atomic E-state index is 0.0754. The zero-order chi connectivity index (χ0) is 14.8. The summed E-state index contributed by atoms with van der Waals surface area (Å²) in [6.07, 6.45) is 7.05. The van der Waals surface area contributed by atoms with Gasteiger partial charge in [-0.2, -0.15) is 0 Å². The molecule has 0 aromatic carbocycles. The van der Waals surface area contributed by atoms with E-state index in [-0.39, 0.29) is 16.9 Å². The van der Waals surface area contributed by atoms with E-state index >= 15 is 0 Å². The van der Waals surface area contributed by atoms with Crippen LogP contribution in [0.1, 0.15) is 59.1 Å². The van der Waals surface area contributed by atoms with Crippen LogP contribution in [0.25, 0.3) is 0 Å². The normalized spacial score (nSPS) is 24.6. The number of nitrogens with one attached hydrogen (secondary N) is 1. The minimum atomic E-state index is -0.341. The van der Waals surface area contributed by atoms with Crippen LogP contribution in [0.3, 0.4) is 0 Å². The third-order valence-electron chi connectivity index (χ3n) is 4.26. The number of H-pyrrole nitrogens is 1. The molecule has 112 valence electrons. The molecule has 1 atom stereocenters. The van der Waals surface area contributed by atoms with Crippen LogP contribution in [0.4, 0.5) is 0 Å². The van der Waals surface area contributed by atoms with Crippen molar-refractivity contribution in [3.05, 3.63) is 18.2 Å². The third kappa shape index (κ3) is 2.46. The second-order valence-corrected chi connectivity index (χ2v) is 6.45. The average molecular weight is 279 g/mol. The Morgan fingerprint density at radius 1 is 1.50 bits per heavy atom. The number of imidazole rings is 1. The number of carbonyl (C=O) groups is 1. The SMILES string of the molecule is CCC(=O)ON1CCCCC1(c1cnc[nH]1)C(C)(C)C. The molecule has 2 heterocycles. The van der Waals surface area contributed by atoms with Crippen molar-refractivity contribution in [1.29, 1.82) is 0 Å². The summed E-state index contributed by atoms with van der Waals surface area (Å²) in [5.74, 6) is -0.181. The Labute approximate surface area is 120 Å². The van der Waals surface area contributed by atoms with E-state index in [4.69, 9.17) is 4.84 Å². The topological polar surface area (TPSA) is 58.2 Å². The van der Waals surface area contributed by atoms with Gasteiger partial charge in [0.25, 0.3) is 0 Å². The van der Waals surface area contributed by atoms with Crippen molar-refractivity contribution in [2.45, 2.75) is 58.9 Å². The summed E-state index contributed by atoms with van der Waals surface area (Å²) in [5.41, 5.74) is 0.606. The van der Waals surface area contributed by atoms with Crippen molar-refractivity contribution in [2.75, 3.05) is 6.54 Å². The van der Waals surface area contributed by atoms with E-state index in [1.165, 1.54) is 0 Å². The lowest BCUT2D eigenvalue weighted by Crippen LogP contribution is -2.57. The Morgan fingerprint density at radius 3 is 2.80 bits per heavy atom. The summed E-state index contributed by atoms with van der Waals surface area (Å²) in [5, 5.41) is 1.88. The zero-order valence-corrected chi connectivity index (χ0v) is 12.9. The van der Waals surface area contributed by atoms with Gasteiger partial charge in [0, 0.05) is 19.2 Å². The van der Waals surface area contributed by atoms with Gasteiger partial charge in [-0.1, -0.05) is 27.7 Å². The highest BCUT2D eigenvalue weighted by atomic mass is 16.7. The highest BCUT2D eigenvalue weighted by molar-refractivity contribution is 5.68. The molecular formula is C15H25N3O2. The first-order valence-corrected chi connectivity index (χ1v) is 7.39. The number of hydrogen-bond donors (Lipinski definition) is 1.